The Labute approximate surface area is 145 Å². The average Bonchev–Trinajstić information content (AvgIpc) is 3.09. The van der Waals surface area contributed by atoms with Crippen molar-refractivity contribution in [1.82, 2.24) is 9.88 Å². The van der Waals surface area contributed by atoms with Crippen LogP contribution in [0.4, 0.5) is 5.13 Å². The molecular formula is C18H20N4OS. The quantitative estimate of drug-likeness (QED) is 0.906. The first-order valence-corrected chi connectivity index (χ1v) is 9.05. The summed E-state index contributed by atoms with van der Waals surface area (Å²) in [7, 11) is 0. The highest BCUT2D eigenvalue weighted by molar-refractivity contribution is 7.14. The highest BCUT2D eigenvalue weighted by Crippen LogP contribution is 2.26. The van der Waals surface area contributed by atoms with Crippen molar-refractivity contribution in [3.8, 4) is 17.3 Å². The molecule has 1 atom stereocenters. The summed E-state index contributed by atoms with van der Waals surface area (Å²) in [5, 5.41) is 14.3. The van der Waals surface area contributed by atoms with Crippen LogP contribution in [0.3, 0.4) is 0 Å². The molecule has 2 heterocycles. The van der Waals surface area contributed by atoms with Gasteiger partial charge in [-0.1, -0.05) is 30.3 Å². The Balaban J connectivity index is 1.59. The largest absolute Gasteiger partial charge is 0.302 e. The standard InChI is InChI=1S/C18H20N4OS/c19-9-5-11-22-10-4-8-15(12-22)17(23)21-18-20-16(13-24-18)14-6-2-1-3-7-14/h1-3,6-7,13,15H,4-5,8,10-12H2,(H,20,21,23). The van der Waals surface area contributed by atoms with Crippen molar-refractivity contribution in [2.24, 2.45) is 5.92 Å². The molecule has 0 aliphatic carbocycles. The summed E-state index contributed by atoms with van der Waals surface area (Å²) in [6, 6.07) is 12.1. The first kappa shape index (κ1) is 16.6. The lowest BCUT2D eigenvalue weighted by Gasteiger charge is -2.31. The van der Waals surface area contributed by atoms with Crippen LogP contribution in [-0.4, -0.2) is 35.4 Å². The van der Waals surface area contributed by atoms with Gasteiger partial charge in [0.15, 0.2) is 5.13 Å². The van der Waals surface area contributed by atoms with E-state index in [1.54, 1.807) is 0 Å². The summed E-state index contributed by atoms with van der Waals surface area (Å²) in [4.78, 5) is 19.2. The Morgan fingerprint density at radius 1 is 1.42 bits per heavy atom. The van der Waals surface area contributed by atoms with E-state index in [0.717, 1.165) is 43.7 Å². The van der Waals surface area contributed by atoms with E-state index in [1.165, 1.54) is 11.3 Å². The van der Waals surface area contributed by atoms with Crippen molar-refractivity contribution >= 4 is 22.4 Å². The number of amides is 1. The fourth-order valence-electron chi connectivity index (χ4n) is 2.96. The van der Waals surface area contributed by atoms with E-state index in [-0.39, 0.29) is 11.8 Å². The first-order valence-electron chi connectivity index (χ1n) is 8.17. The molecule has 5 nitrogen and oxygen atoms in total. The Morgan fingerprint density at radius 3 is 3.04 bits per heavy atom. The van der Waals surface area contributed by atoms with Crippen LogP contribution in [0.15, 0.2) is 35.7 Å². The molecule has 0 spiro atoms. The van der Waals surface area contributed by atoms with Crippen LogP contribution < -0.4 is 5.32 Å². The van der Waals surface area contributed by atoms with Gasteiger partial charge in [0.25, 0.3) is 0 Å². The van der Waals surface area contributed by atoms with E-state index in [4.69, 9.17) is 5.26 Å². The molecule has 1 aliphatic heterocycles. The number of rotatable bonds is 5. The zero-order valence-corrected chi connectivity index (χ0v) is 14.3. The third kappa shape index (κ3) is 4.19. The molecule has 0 bridgehead atoms. The number of likely N-dealkylation sites (tertiary alicyclic amines) is 1. The van der Waals surface area contributed by atoms with E-state index in [0.29, 0.717) is 11.6 Å². The third-order valence-electron chi connectivity index (χ3n) is 4.22. The van der Waals surface area contributed by atoms with Crippen LogP contribution in [0, 0.1) is 17.2 Å². The molecule has 0 saturated carbocycles. The Hall–Kier alpha value is -2.23. The number of hydrogen-bond acceptors (Lipinski definition) is 5. The summed E-state index contributed by atoms with van der Waals surface area (Å²) in [6.45, 7) is 2.45. The molecule has 1 fully saturated rings. The topological polar surface area (TPSA) is 69.0 Å². The molecule has 24 heavy (non-hydrogen) atoms. The minimum atomic E-state index is -0.0264. The SMILES string of the molecule is N#CCCN1CCCC(C(=O)Nc2nc(-c3ccccc3)cs2)C1. The van der Waals surface area contributed by atoms with Gasteiger partial charge < -0.3 is 10.2 Å². The lowest BCUT2D eigenvalue weighted by Crippen LogP contribution is -2.41. The number of carbonyl (C=O) groups is 1. The molecule has 2 aromatic rings. The molecule has 1 saturated heterocycles. The molecule has 1 aromatic carbocycles. The zero-order chi connectivity index (χ0) is 16.8. The maximum atomic E-state index is 12.5. The van der Waals surface area contributed by atoms with Gasteiger partial charge in [-0.3, -0.25) is 4.79 Å². The van der Waals surface area contributed by atoms with Gasteiger partial charge in [-0.2, -0.15) is 5.26 Å². The summed E-state index contributed by atoms with van der Waals surface area (Å²) >= 11 is 1.45. The number of nitrogens with zero attached hydrogens (tertiary/aromatic N) is 3. The van der Waals surface area contributed by atoms with Gasteiger partial charge in [-0.05, 0) is 19.4 Å². The van der Waals surface area contributed by atoms with Gasteiger partial charge in [-0.15, -0.1) is 11.3 Å². The number of anilines is 1. The molecule has 124 valence electrons. The Morgan fingerprint density at radius 2 is 2.25 bits per heavy atom. The maximum Gasteiger partial charge on any atom is 0.230 e. The number of benzene rings is 1. The molecule has 1 aromatic heterocycles. The van der Waals surface area contributed by atoms with Crippen molar-refractivity contribution in [3.05, 3.63) is 35.7 Å². The second-order valence-corrected chi connectivity index (χ2v) is 6.80. The normalized spacial score (nSPS) is 18.0. The van der Waals surface area contributed by atoms with Crippen LogP contribution in [0.25, 0.3) is 11.3 Å². The third-order valence-corrected chi connectivity index (χ3v) is 4.98. The molecule has 0 radical (unpaired) electrons. The maximum absolute atomic E-state index is 12.5. The van der Waals surface area contributed by atoms with Gasteiger partial charge in [0.05, 0.1) is 17.7 Å². The number of piperidine rings is 1. The van der Waals surface area contributed by atoms with Crippen LogP contribution in [0.1, 0.15) is 19.3 Å². The van der Waals surface area contributed by atoms with Crippen molar-refractivity contribution in [2.45, 2.75) is 19.3 Å². The van der Waals surface area contributed by atoms with E-state index in [2.05, 4.69) is 21.3 Å². The highest BCUT2D eigenvalue weighted by Gasteiger charge is 2.26. The molecule has 3 rings (SSSR count). The summed E-state index contributed by atoms with van der Waals surface area (Å²) < 4.78 is 0. The number of hydrogen-bond donors (Lipinski definition) is 1. The van der Waals surface area contributed by atoms with Gasteiger partial charge in [0.1, 0.15) is 0 Å². The van der Waals surface area contributed by atoms with Crippen molar-refractivity contribution in [2.75, 3.05) is 25.0 Å². The molecule has 1 aliphatic rings. The smallest absolute Gasteiger partial charge is 0.230 e. The van der Waals surface area contributed by atoms with Crippen LogP contribution in [0.5, 0.6) is 0 Å². The van der Waals surface area contributed by atoms with Crippen LogP contribution in [-0.2, 0) is 4.79 Å². The minimum Gasteiger partial charge on any atom is -0.302 e. The lowest BCUT2D eigenvalue weighted by atomic mass is 9.97. The minimum absolute atomic E-state index is 0.0264. The number of nitriles is 1. The highest BCUT2D eigenvalue weighted by atomic mass is 32.1. The van der Waals surface area contributed by atoms with Gasteiger partial charge in [0.2, 0.25) is 5.91 Å². The van der Waals surface area contributed by atoms with Gasteiger partial charge in [-0.25, -0.2) is 4.98 Å². The second-order valence-electron chi connectivity index (χ2n) is 5.94. The van der Waals surface area contributed by atoms with E-state index >= 15 is 0 Å². The van der Waals surface area contributed by atoms with E-state index in [9.17, 15) is 4.79 Å². The van der Waals surface area contributed by atoms with Crippen molar-refractivity contribution < 1.29 is 4.79 Å². The molecule has 1 unspecified atom stereocenters. The van der Waals surface area contributed by atoms with E-state index in [1.807, 2.05) is 35.7 Å². The van der Waals surface area contributed by atoms with E-state index < -0.39 is 0 Å². The summed E-state index contributed by atoms with van der Waals surface area (Å²) in [5.41, 5.74) is 1.93. The predicted molar refractivity (Wildman–Crippen MR) is 95.6 cm³/mol. The molecule has 1 N–H and O–H groups in total. The Kier molecular flexibility index (Phi) is 5.57. The lowest BCUT2D eigenvalue weighted by molar-refractivity contribution is -0.121. The van der Waals surface area contributed by atoms with Crippen molar-refractivity contribution in [1.29, 1.82) is 5.26 Å². The van der Waals surface area contributed by atoms with Crippen molar-refractivity contribution in [3.63, 3.8) is 0 Å². The zero-order valence-electron chi connectivity index (χ0n) is 13.4. The van der Waals surface area contributed by atoms with Crippen LogP contribution >= 0.6 is 11.3 Å². The van der Waals surface area contributed by atoms with Gasteiger partial charge >= 0.3 is 0 Å². The molecule has 6 heteroatoms. The number of carbonyl (C=O) groups excluding carboxylic acids is 1. The summed E-state index contributed by atoms with van der Waals surface area (Å²) in [6.07, 6.45) is 2.41. The number of aromatic nitrogens is 1. The number of nitrogens with one attached hydrogen (secondary N) is 1. The fraction of sp³-hybridized carbons (Fsp3) is 0.389. The molecular weight excluding hydrogens is 320 g/mol. The first-order chi connectivity index (χ1) is 11.8. The fourth-order valence-corrected chi connectivity index (χ4v) is 3.68. The monoisotopic (exact) mass is 340 g/mol. The molecule has 1 amide bonds. The summed E-state index contributed by atoms with van der Waals surface area (Å²) in [5.74, 6) is 0.00661. The second kappa shape index (κ2) is 8.04. The van der Waals surface area contributed by atoms with Crippen LogP contribution in [0.2, 0.25) is 0 Å². The average molecular weight is 340 g/mol. The number of thiazole rings is 1. The predicted octanol–water partition coefficient (Wildman–Crippen LogP) is 3.37. The Bertz CT molecular complexity index is 722. The van der Waals surface area contributed by atoms with Gasteiger partial charge in [0, 0.05) is 30.5 Å².